The summed E-state index contributed by atoms with van der Waals surface area (Å²) in [6.07, 6.45) is 7.78. The van der Waals surface area contributed by atoms with Gasteiger partial charge in [0.05, 0.1) is 11.5 Å². The number of aliphatic hydroxyl groups is 1. The number of amides is 2. The monoisotopic (exact) mass is 430 g/mol. The standard InChI is InChI=1S/C24H31ClN2O3/c25-19-5-3-18(4-6-19)21(28)14-26-22(29)20-2-1-7-27(20)23(30)24-11-15-8-16(12-24)10-17(9-15)13-24/h3-6,15-17,20-21,28H,1-2,7-14H2,(H,26,29). The lowest BCUT2D eigenvalue weighted by Crippen LogP contribution is -2.57. The van der Waals surface area contributed by atoms with Crippen LogP contribution in [0.15, 0.2) is 24.3 Å². The van der Waals surface area contributed by atoms with Crippen molar-refractivity contribution in [3.05, 3.63) is 34.9 Å². The molecule has 1 heterocycles. The number of benzene rings is 1. The molecule has 2 atom stereocenters. The van der Waals surface area contributed by atoms with E-state index in [1.165, 1.54) is 19.3 Å². The zero-order valence-corrected chi connectivity index (χ0v) is 18.1. The molecule has 5 aliphatic rings. The SMILES string of the molecule is O=C(NCC(O)c1ccc(Cl)cc1)C1CCCN1C(=O)C12CC3CC(CC(C3)C1)C2. The highest BCUT2D eigenvalue weighted by Crippen LogP contribution is 2.60. The van der Waals surface area contributed by atoms with Gasteiger partial charge >= 0.3 is 0 Å². The van der Waals surface area contributed by atoms with E-state index in [0.29, 0.717) is 41.3 Å². The zero-order valence-electron chi connectivity index (χ0n) is 17.4. The van der Waals surface area contributed by atoms with Crippen molar-refractivity contribution in [3.8, 4) is 0 Å². The third kappa shape index (κ3) is 3.64. The van der Waals surface area contributed by atoms with E-state index in [-0.39, 0.29) is 23.8 Å². The van der Waals surface area contributed by atoms with Crippen LogP contribution in [0.3, 0.4) is 0 Å². The molecule has 0 aromatic heterocycles. The Labute approximate surface area is 183 Å². The van der Waals surface area contributed by atoms with E-state index in [9.17, 15) is 14.7 Å². The van der Waals surface area contributed by atoms with Gasteiger partial charge in [0.1, 0.15) is 6.04 Å². The second kappa shape index (κ2) is 7.83. The number of nitrogens with zero attached hydrogens (tertiary/aromatic N) is 1. The van der Waals surface area contributed by atoms with E-state index in [4.69, 9.17) is 11.6 Å². The Hall–Kier alpha value is -1.59. The molecular weight excluding hydrogens is 400 g/mol. The molecule has 1 aromatic rings. The van der Waals surface area contributed by atoms with Gasteiger partial charge in [-0.15, -0.1) is 0 Å². The normalized spacial score (nSPS) is 35.5. The molecule has 0 radical (unpaired) electrons. The van der Waals surface area contributed by atoms with Crippen molar-refractivity contribution < 1.29 is 14.7 Å². The first kappa shape index (κ1) is 20.3. The van der Waals surface area contributed by atoms with Gasteiger partial charge in [-0.3, -0.25) is 9.59 Å². The highest BCUT2D eigenvalue weighted by atomic mass is 35.5. The third-order valence-corrected chi connectivity index (χ3v) is 8.28. The van der Waals surface area contributed by atoms with Gasteiger partial charge in [-0.2, -0.15) is 0 Å². The second-order valence-electron chi connectivity index (χ2n) is 10.2. The van der Waals surface area contributed by atoms with Crippen LogP contribution < -0.4 is 5.32 Å². The van der Waals surface area contributed by atoms with Crippen LogP contribution in [-0.4, -0.2) is 41.0 Å². The minimum absolute atomic E-state index is 0.135. The van der Waals surface area contributed by atoms with Gasteiger partial charge in [-0.05, 0) is 86.8 Å². The molecule has 1 aliphatic heterocycles. The van der Waals surface area contributed by atoms with E-state index in [0.717, 1.165) is 25.7 Å². The van der Waals surface area contributed by atoms with E-state index in [2.05, 4.69) is 5.32 Å². The zero-order chi connectivity index (χ0) is 20.9. The van der Waals surface area contributed by atoms with Gasteiger partial charge in [0.15, 0.2) is 0 Å². The number of likely N-dealkylation sites (tertiary alicyclic amines) is 1. The van der Waals surface area contributed by atoms with Crippen LogP contribution >= 0.6 is 11.6 Å². The first-order valence-corrected chi connectivity index (χ1v) is 11.8. The highest BCUT2D eigenvalue weighted by molar-refractivity contribution is 6.30. The summed E-state index contributed by atoms with van der Waals surface area (Å²) >= 11 is 5.90. The number of halogens is 1. The number of nitrogens with one attached hydrogen (secondary N) is 1. The Balaban J connectivity index is 1.23. The largest absolute Gasteiger partial charge is 0.387 e. The van der Waals surface area contributed by atoms with Gasteiger partial charge in [-0.1, -0.05) is 23.7 Å². The van der Waals surface area contributed by atoms with E-state index >= 15 is 0 Å². The van der Waals surface area contributed by atoms with Crippen LogP contribution in [0.1, 0.15) is 63.0 Å². The summed E-state index contributed by atoms with van der Waals surface area (Å²) in [5.41, 5.74) is 0.507. The van der Waals surface area contributed by atoms with Crippen LogP contribution in [0, 0.1) is 23.2 Å². The van der Waals surface area contributed by atoms with Crippen molar-refractivity contribution >= 4 is 23.4 Å². The number of hydrogen-bond acceptors (Lipinski definition) is 3. The fourth-order valence-corrected chi connectivity index (χ4v) is 7.20. The molecule has 2 N–H and O–H groups in total. The molecular formula is C24H31ClN2O3. The van der Waals surface area contributed by atoms with Crippen LogP contribution in [0.4, 0.5) is 0 Å². The molecule has 6 heteroatoms. The summed E-state index contributed by atoms with van der Waals surface area (Å²) in [6.45, 7) is 0.814. The lowest BCUT2D eigenvalue weighted by Gasteiger charge is -2.56. The molecule has 4 aliphatic carbocycles. The molecule has 162 valence electrons. The molecule has 1 aromatic carbocycles. The highest BCUT2D eigenvalue weighted by Gasteiger charge is 2.56. The number of carbonyl (C=O) groups excluding carboxylic acids is 2. The Morgan fingerprint density at radius 3 is 2.30 bits per heavy atom. The lowest BCUT2D eigenvalue weighted by molar-refractivity contribution is -0.160. The number of aliphatic hydroxyl groups excluding tert-OH is 1. The smallest absolute Gasteiger partial charge is 0.242 e. The quantitative estimate of drug-likeness (QED) is 0.748. The van der Waals surface area contributed by atoms with Gasteiger partial charge < -0.3 is 15.3 Å². The average Bonchev–Trinajstić information content (AvgIpc) is 3.20. The number of hydrogen-bond donors (Lipinski definition) is 2. The molecule has 1 saturated heterocycles. The molecule has 2 unspecified atom stereocenters. The van der Waals surface area contributed by atoms with Gasteiger partial charge in [0.2, 0.25) is 11.8 Å². The first-order valence-electron chi connectivity index (χ1n) is 11.5. The fraction of sp³-hybridized carbons (Fsp3) is 0.667. The molecule has 6 rings (SSSR count). The summed E-state index contributed by atoms with van der Waals surface area (Å²) < 4.78 is 0. The first-order chi connectivity index (χ1) is 14.4. The van der Waals surface area contributed by atoms with E-state index in [1.54, 1.807) is 24.3 Å². The minimum atomic E-state index is -0.792. The van der Waals surface area contributed by atoms with Gasteiger partial charge in [-0.25, -0.2) is 0 Å². The van der Waals surface area contributed by atoms with Gasteiger partial charge in [0.25, 0.3) is 0 Å². The number of rotatable bonds is 5. The second-order valence-corrected chi connectivity index (χ2v) is 10.6. The Morgan fingerprint density at radius 1 is 1.10 bits per heavy atom. The molecule has 5 fully saturated rings. The Kier molecular flexibility index (Phi) is 5.30. The van der Waals surface area contributed by atoms with Crippen molar-refractivity contribution in [2.24, 2.45) is 23.2 Å². The molecule has 5 nitrogen and oxygen atoms in total. The molecule has 4 bridgehead atoms. The predicted molar refractivity (Wildman–Crippen MR) is 115 cm³/mol. The summed E-state index contributed by atoms with van der Waals surface area (Å²) in [5.74, 6) is 2.23. The van der Waals surface area contributed by atoms with E-state index < -0.39 is 12.1 Å². The Bertz CT molecular complexity index is 789. The van der Waals surface area contributed by atoms with Crippen molar-refractivity contribution in [2.75, 3.05) is 13.1 Å². The third-order valence-electron chi connectivity index (χ3n) is 8.03. The van der Waals surface area contributed by atoms with Crippen molar-refractivity contribution in [2.45, 2.75) is 63.5 Å². The van der Waals surface area contributed by atoms with Crippen LogP contribution in [-0.2, 0) is 9.59 Å². The summed E-state index contributed by atoms with van der Waals surface area (Å²) in [6, 6.07) is 6.58. The van der Waals surface area contributed by atoms with Crippen LogP contribution in [0.25, 0.3) is 0 Å². The molecule has 4 saturated carbocycles. The summed E-state index contributed by atoms with van der Waals surface area (Å²) in [5, 5.41) is 13.9. The minimum Gasteiger partial charge on any atom is -0.387 e. The Morgan fingerprint density at radius 2 is 1.70 bits per heavy atom. The van der Waals surface area contributed by atoms with E-state index in [1.807, 2.05) is 4.90 Å². The fourth-order valence-electron chi connectivity index (χ4n) is 7.08. The van der Waals surface area contributed by atoms with Crippen molar-refractivity contribution in [3.63, 3.8) is 0 Å². The van der Waals surface area contributed by atoms with Crippen LogP contribution in [0.2, 0.25) is 5.02 Å². The summed E-state index contributed by atoms with van der Waals surface area (Å²) in [4.78, 5) is 28.5. The topological polar surface area (TPSA) is 69.6 Å². The predicted octanol–water partition coefficient (Wildman–Crippen LogP) is 3.70. The number of carbonyl (C=O) groups is 2. The van der Waals surface area contributed by atoms with Crippen molar-refractivity contribution in [1.29, 1.82) is 0 Å². The maximum absolute atomic E-state index is 13.7. The molecule has 2 amide bonds. The van der Waals surface area contributed by atoms with Gasteiger partial charge in [0, 0.05) is 18.1 Å². The van der Waals surface area contributed by atoms with Crippen LogP contribution in [0.5, 0.6) is 0 Å². The van der Waals surface area contributed by atoms with Crippen molar-refractivity contribution in [1.82, 2.24) is 10.2 Å². The molecule has 30 heavy (non-hydrogen) atoms. The average molecular weight is 431 g/mol. The maximum atomic E-state index is 13.7. The summed E-state index contributed by atoms with van der Waals surface area (Å²) in [7, 11) is 0. The molecule has 0 spiro atoms. The maximum Gasteiger partial charge on any atom is 0.242 e. The lowest BCUT2D eigenvalue weighted by atomic mass is 9.49.